The number of aliphatic hydroxyl groups is 1. The molecule has 14 heteroatoms. The number of ether oxygens (including phenoxy) is 1. The zero-order chi connectivity index (χ0) is 27.3. The Morgan fingerprint density at radius 3 is 2.31 bits per heavy atom. The number of hydrogen-bond acceptors (Lipinski definition) is 6. The fourth-order valence-electron chi connectivity index (χ4n) is 3.45. The Hall–Kier alpha value is -2.68. The van der Waals surface area contributed by atoms with Gasteiger partial charge < -0.3 is 24.6 Å². The number of imidazole rings is 1. The van der Waals surface area contributed by atoms with Crippen molar-refractivity contribution in [2.45, 2.75) is 37.2 Å². The minimum Gasteiger partial charge on any atom is -0.394 e. The first kappa shape index (κ1) is 29.5. The number of aliphatic hydroxyl groups excluding tert-OH is 1. The molecule has 0 aliphatic heterocycles. The number of benzene rings is 1. The molecule has 0 radical (unpaired) electrons. The molecule has 1 heterocycles. The van der Waals surface area contributed by atoms with Crippen molar-refractivity contribution in [2.24, 2.45) is 13.0 Å². The lowest BCUT2D eigenvalue weighted by molar-refractivity contribution is -0.137. The highest BCUT2D eigenvalue weighted by Crippen LogP contribution is 2.30. The molecule has 2 rings (SSSR count). The Labute approximate surface area is 208 Å². The highest BCUT2D eigenvalue weighted by atomic mass is 32.2. The normalized spacial score (nSPS) is 14.9. The van der Waals surface area contributed by atoms with Crippen LogP contribution in [-0.4, -0.2) is 84.3 Å². The maximum Gasteiger partial charge on any atom is 0.416 e. The van der Waals surface area contributed by atoms with E-state index in [-0.39, 0.29) is 36.3 Å². The standard InChI is InChI=1S/C22H32F3N5O5S/c1-15(19(35-5)11-29(4)36(33,34)20-12-28(3)14-26-20)10-30(16(2)13-31)21(32)27-18-8-6-17(7-9-18)22(23,24)25/h6-9,12,14-16,19,31H,10-11,13H2,1-5H3,(H,27,32)/t15-,16-,19-/m0/s1. The van der Waals surface area contributed by atoms with Gasteiger partial charge in [-0.05, 0) is 31.2 Å². The molecule has 0 spiro atoms. The summed E-state index contributed by atoms with van der Waals surface area (Å²) in [6.07, 6.45) is -2.36. The van der Waals surface area contributed by atoms with E-state index in [1.54, 1.807) is 20.9 Å². The summed E-state index contributed by atoms with van der Waals surface area (Å²) in [6, 6.07) is 2.73. The molecule has 0 saturated heterocycles. The summed E-state index contributed by atoms with van der Waals surface area (Å²) in [5, 5.41) is 12.1. The Balaban J connectivity index is 2.12. The number of anilines is 1. The number of alkyl halides is 3. The highest BCUT2D eigenvalue weighted by molar-refractivity contribution is 7.89. The molecular weight excluding hydrogens is 503 g/mol. The number of rotatable bonds is 11. The number of aromatic nitrogens is 2. The number of aryl methyl sites for hydroxylation is 1. The van der Waals surface area contributed by atoms with Gasteiger partial charge in [0.2, 0.25) is 0 Å². The lowest BCUT2D eigenvalue weighted by Gasteiger charge is -2.34. The quantitative estimate of drug-likeness (QED) is 0.457. The van der Waals surface area contributed by atoms with Crippen molar-refractivity contribution in [2.75, 3.05) is 39.2 Å². The molecule has 0 saturated carbocycles. The topological polar surface area (TPSA) is 117 Å². The van der Waals surface area contributed by atoms with Crippen LogP contribution in [0, 0.1) is 5.92 Å². The van der Waals surface area contributed by atoms with Gasteiger partial charge in [-0.1, -0.05) is 6.92 Å². The van der Waals surface area contributed by atoms with Crippen LogP contribution in [0.2, 0.25) is 0 Å². The molecule has 0 unspecified atom stereocenters. The second-order valence-corrected chi connectivity index (χ2v) is 10.6. The predicted octanol–water partition coefficient (Wildman–Crippen LogP) is 2.63. The van der Waals surface area contributed by atoms with Crippen molar-refractivity contribution in [3.8, 4) is 0 Å². The van der Waals surface area contributed by atoms with Crippen LogP contribution in [0.5, 0.6) is 0 Å². The third-order valence-electron chi connectivity index (χ3n) is 5.74. The second-order valence-electron chi connectivity index (χ2n) is 8.60. The molecule has 202 valence electrons. The van der Waals surface area contributed by atoms with E-state index in [1.165, 1.54) is 36.1 Å². The van der Waals surface area contributed by atoms with E-state index in [2.05, 4.69) is 10.3 Å². The first-order valence-corrected chi connectivity index (χ1v) is 12.5. The number of carbonyl (C=O) groups excluding carboxylic acids is 1. The molecule has 2 N–H and O–H groups in total. The number of nitrogens with zero attached hydrogens (tertiary/aromatic N) is 4. The number of halogens is 3. The van der Waals surface area contributed by atoms with E-state index in [4.69, 9.17) is 4.74 Å². The van der Waals surface area contributed by atoms with Crippen LogP contribution in [0.15, 0.2) is 41.8 Å². The summed E-state index contributed by atoms with van der Waals surface area (Å²) in [7, 11) is 0.601. The third kappa shape index (κ3) is 7.41. The summed E-state index contributed by atoms with van der Waals surface area (Å²) >= 11 is 0. The highest BCUT2D eigenvalue weighted by Gasteiger charge is 2.32. The summed E-state index contributed by atoms with van der Waals surface area (Å²) in [5.41, 5.74) is -0.692. The van der Waals surface area contributed by atoms with Gasteiger partial charge in [-0.3, -0.25) is 0 Å². The van der Waals surface area contributed by atoms with Crippen LogP contribution < -0.4 is 5.32 Å². The van der Waals surface area contributed by atoms with Crippen molar-refractivity contribution in [3.05, 3.63) is 42.4 Å². The summed E-state index contributed by atoms with van der Waals surface area (Å²) in [6.45, 7) is 3.05. The van der Waals surface area contributed by atoms with Crippen LogP contribution in [0.1, 0.15) is 19.4 Å². The number of amides is 2. The maximum atomic E-state index is 12.9. The zero-order valence-corrected chi connectivity index (χ0v) is 21.5. The average molecular weight is 536 g/mol. The monoisotopic (exact) mass is 535 g/mol. The fourth-order valence-corrected chi connectivity index (χ4v) is 4.59. The van der Waals surface area contributed by atoms with Crippen molar-refractivity contribution in [3.63, 3.8) is 0 Å². The van der Waals surface area contributed by atoms with E-state index < -0.39 is 39.9 Å². The largest absolute Gasteiger partial charge is 0.416 e. The molecule has 0 bridgehead atoms. The van der Waals surface area contributed by atoms with E-state index >= 15 is 0 Å². The zero-order valence-electron chi connectivity index (χ0n) is 20.7. The van der Waals surface area contributed by atoms with Gasteiger partial charge in [-0.15, -0.1) is 0 Å². The molecule has 10 nitrogen and oxygen atoms in total. The fraction of sp³-hybridized carbons (Fsp3) is 0.545. The molecular formula is C22H32F3N5O5S. The second kappa shape index (κ2) is 12.0. The molecule has 0 aliphatic rings. The summed E-state index contributed by atoms with van der Waals surface area (Å²) < 4.78 is 72.2. The Kier molecular flexibility index (Phi) is 9.88. The van der Waals surface area contributed by atoms with Gasteiger partial charge in [0.15, 0.2) is 5.03 Å². The number of nitrogens with one attached hydrogen (secondary N) is 1. The van der Waals surface area contributed by atoms with Gasteiger partial charge >= 0.3 is 12.2 Å². The lowest BCUT2D eigenvalue weighted by atomic mass is 10.0. The Morgan fingerprint density at radius 1 is 1.22 bits per heavy atom. The number of carbonyl (C=O) groups is 1. The molecule has 36 heavy (non-hydrogen) atoms. The Bertz CT molecular complexity index is 1110. The van der Waals surface area contributed by atoms with Crippen LogP contribution in [-0.2, 0) is 28.0 Å². The lowest BCUT2D eigenvalue weighted by Crippen LogP contribution is -2.48. The number of urea groups is 1. The predicted molar refractivity (Wildman–Crippen MR) is 127 cm³/mol. The number of methoxy groups -OCH3 is 1. The maximum absolute atomic E-state index is 12.9. The molecule has 3 atom stereocenters. The number of likely N-dealkylation sites (N-methyl/N-ethyl adjacent to an activating group) is 1. The Morgan fingerprint density at radius 2 is 1.83 bits per heavy atom. The molecule has 1 aromatic heterocycles. The van der Waals surface area contributed by atoms with E-state index in [9.17, 15) is 31.5 Å². The van der Waals surface area contributed by atoms with Gasteiger partial charge in [0, 0.05) is 52.1 Å². The van der Waals surface area contributed by atoms with Gasteiger partial charge in [-0.25, -0.2) is 18.2 Å². The van der Waals surface area contributed by atoms with Crippen molar-refractivity contribution in [1.82, 2.24) is 18.8 Å². The molecule has 2 amide bonds. The number of hydrogen-bond donors (Lipinski definition) is 2. The van der Waals surface area contributed by atoms with E-state index in [0.29, 0.717) is 0 Å². The van der Waals surface area contributed by atoms with Gasteiger partial charge in [0.1, 0.15) is 0 Å². The van der Waals surface area contributed by atoms with Gasteiger partial charge in [-0.2, -0.15) is 17.5 Å². The van der Waals surface area contributed by atoms with Crippen LogP contribution >= 0.6 is 0 Å². The molecule has 0 fully saturated rings. The minimum absolute atomic E-state index is 0.0293. The van der Waals surface area contributed by atoms with Crippen LogP contribution in [0.3, 0.4) is 0 Å². The summed E-state index contributed by atoms with van der Waals surface area (Å²) in [5.74, 6) is -0.385. The van der Waals surface area contributed by atoms with E-state index in [0.717, 1.165) is 28.6 Å². The van der Waals surface area contributed by atoms with Crippen LogP contribution in [0.25, 0.3) is 0 Å². The smallest absolute Gasteiger partial charge is 0.394 e. The molecule has 1 aromatic carbocycles. The molecule has 2 aromatic rings. The first-order valence-electron chi connectivity index (χ1n) is 11.0. The van der Waals surface area contributed by atoms with Gasteiger partial charge in [0.25, 0.3) is 10.0 Å². The molecule has 0 aliphatic carbocycles. The van der Waals surface area contributed by atoms with Gasteiger partial charge in [0.05, 0.1) is 30.6 Å². The third-order valence-corrected chi connectivity index (χ3v) is 7.44. The average Bonchev–Trinajstić information content (AvgIpc) is 3.26. The van der Waals surface area contributed by atoms with Crippen LogP contribution in [0.4, 0.5) is 23.7 Å². The van der Waals surface area contributed by atoms with Crippen molar-refractivity contribution in [1.29, 1.82) is 0 Å². The first-order chi connectivity index (χ1) is 16.7. The van der Waals surface area contributed by atoms with Crippen molar-refractivity contribution >= 4 is 21.7 Å². The number of sulfonamides is 1. The summed E-state index contributed by atoms with van der Waals surface area (Å²) in [4.78, 5) is 18.1. The minimum atomic E-state index is -4.50. The van der Waals surface area contributed by atoms with Crippen molar-refractivity contribution < 1.29 is 36.2 Å². The van der Waals surface area contributed by atoms with E-state index in [1.807, 2.05) is 0 Å². The SMILES string of the molecule is CO[C@@H](CN(C)S(=O)(=O)c1cn(C)cn1)[C@@H](C)CN(C(=O)Nc1ccc(C(F)(F)F)cc1)[C@@H](C)CO.